The number of ether oxygens (including phenoxy) is 1. The summed E-state index contributed by atoms with van der Waals surface area (Å²) in [5, 5.41) is 3.07. The second-order valence-electron chi connectivity index (χ2n) is 8.39. The number of carbonyl (C=O) groups is 2. The van der Waals surface area contributed by atoms with Gasteiger partial charge in [0.2, 0.25) is 11.8 Å². The Morgan fingerprint density at radius 1 is 0.833 bits per heavy atom. The summed E-state index contributed by atoms with van der Waals surface area (Å²) in [5.41, 5.74) is 3.33. The molecular weight excluding hydrogens is 376 g/mol. The first kappa shape index (κ1) is 20.6. The van der Waals surface area contributed by atoms with Crippen LogP contribution in [0, 0.1) is 11.8 Å². The highest BCUT2D eigenvalue weighted by Gasteiger charge is 2.35. The number of rotatable bonds is 8. The van der Waals surface area contributed by atoms with E-state index in [0.29, 0.717) is 38.8 Å². The molecule has 0 bridgehead atoms. The quantitative estimate of drug-likeness (QED) is 0.728. The Hall–Kier alpha value is -2.66. The number of hydrogen-bond acceptors (Lipinski definition) is 3. The third kappa shape index (κ3) is 5.70. The lowest BCUT2D eigenvalue weighted by atomic mass is 9.95. The van der Waals surface area contributed by atoms with E-state index in [9.17, 15) is 9.59 Å². The van der Waals surface area contributed by atoms with Gasteiger partial charge in [0, 0.05) is 31.5 Å². The molecule has 2 aromatic rings. The Balaban J connectivity index is 1.19. The lowest BCUT2D eigenvalue weighted by Crippen LogP contribution is -2.43. The van der Waals surface area contributed by atoms with E-state index in [4.69, 9.17) is 4.74 Å². The van der Waals surface area contributed by atoms with Gasteiger partial charge in [0.1, 0.15) is 0 Å². The van der Waals surface area contributed by atoms with Crippen LogP contribution in [-0.2, 0) is 34.1 Å². The highest BCUT2D eigenvalue weighted by atomic mass is 16.5. The molecule has 0 radical (unpaired) electrons. The van der Waals surface area contributed by atoms with Crippen LogP contribution in [0.2, 0.25) is 0 Å². The zero-order valence-electron chi connectivity index (χ0n) is 17.4. The molecule has 30 heavy (non-hydrogen) atoms. The Kier molecular flexibility index (Phi) is 6.80. The largest absolute Gasteiger partial charge is 0.372 e. The fourth-order valence-corrected chi connectivity index (χ4v) is 3.97. The summed E-state index contributed by atoms with van der Waals surface area (Å²) in [6.45, 7) is 3.07. The van der Waals surface area contributed by atoms with Crippen LogP contribution >= 0.6 is 0 Å². The predicted octanol–water partition coefficient (Wildman–Crippen LogP) is 3.67. The number of carbonyl (C=O) groups excluding carboxylic acids is 2. The molecule has 2 fully saturated rings. The van der Waals surface area contributed by atoms with E-state index in [1.807, 2.05) is 41.3 Å². The highest BCUT2D eigenvalue weighted by molar-refractivity contribution is 5.82. The smallest absolute Gasteiger partial charge is 0.225 e. The normalized spacial score (nSPS) is 17.0. The van der Waals surface area contributed by atoms with E-state index >= 15 is 0 Å². The van der Waals surface area contributed by atoms with Crippen LogP contribution in [0.5, 0.6) is 0 Å². The van der Waals surface area contributed by atoms with Gasteiger partial charge >= 0.3 is 0 Å². The molecule has 4 rings (SSSR count). The van der Waals surface area contributed by atoms with Crippen molar-refractivity contribution < 1.29 is 14.3 Å². The van der Waals surface area contributed by atoms with Crippen molar-refractivity contribution in [1.29, 1.82) is 0 Å². The van der Waals surface area contributed by atoms with Gasteiger partial charge < -0.3 is 15.0 Å². The molecule has 0 aromatic heterocycles. The van der Waals surface area contributed by atoms with Crippen molar-refractivity contribution >= 4 is 11.8 Å². The minimum absolute atomic E-state index is 0.00522. The Bertz CT molecular complexity index is 856. The summed E-state index contributed by atoms with van der Waals surface area (Å²) in [7, 11) is 0. The van der Waals surface area contributed by atoms with Crippen molar-refractivity contribution in [3.05, 3.63) is 71.3 Å². The maximum atomic E-state index is 12.6. The third-order valence-corrected chi connectivity index (χ3v) is 5.94. The minimum atomic E-state index is 0.00522. The maximum Gasteiger partial charge on any atom is 0.225 e. The molecule has 1 heterocycles. The molecule has 1 saturated heterocycles. The van der Waals surface area contributed by atoms with Gasteiger partial charge in [-0.2, -0.15) is 0 Å². The lowest BCUT2D eigenvalue weighted by Gasteiger charge is -2.31. The first-order chi connectivity index (χ1) is 14.7. The van der Waals surface area contributed by atoms with Gasteiger partial charge in [0.15, 0.2) is 0 Å². The standard InChI is InChI=1S/C25H30N2O3/c28-24(22-11-13-27(14-12-22)25(29)23-9-10-23)26-16-20-7-4-8-21(15-20)18-30-17-19-5-2-1-3-6-19/h1-8,15,22-23H,9-14,16-18H2,(H,26,28). The van der Waals surface area contributed by atoms with Crippen LogP contribution in [0.15, 0.2) is 54.6 Å². The SMILES string of the molecule is O=C(NCc1cccc(COCc2ccccc2)c1)C1CCN(C(=O)C2CC2)CC1. The van der Waals surface area contributed by atoms with Crippen molar-refractivity contribution in [2.45, 2.75) is 45.4 Å². The summed E-state index contributed by atoms with van der Waals surface area (Å²) in [4.78, 5) is 26.7. The number of nitrogens with zero attached hydrogens (tertiary/aromatic N) is 1. The van der Waals surface area contributed by atoms with E-state index in [2.05, 4.69) is 23.5 Å². The average Bonchev–Trinajstić information content (AvgIpc) is 3.64. The molecule has 2 aromatic carbocycles. The number of likely N-dealkylation sites (tertiary alicyclic amines) is 1. The summed E-state index contributed by atoms with van der Waals surface area (Å²) in [6, 6.07) is 18.3. The first-order valence-electron chi connectivity index (χ1n) is 10.9. The summed E-state index contributed by atoms with van der Waals surface area (Å²) >= 11 is 0. The molecule has 1 N–H and O–H groups in total. The number of piperidine rings is 1. The van der Waals surface area contributed by atoms with E-state index in [1.165, 1.54) is 0 Å². The molecule has 158 valence electrons. The van der Waals surface area contributed by atoms with E-state index in [0.717, 1.165) is 42.4 Å². The highest BCUT2D eigenvalue weighted by Crippen LogP contribution is 2.32. The van der Waals surface area contributed by atoms with Gasteiger partial charge in [-0.25, -0.2) is 0 Å². The van der Waals surface area contributed by atoms with Gasteiger partial charge in [-0.15, -0.1) is 0 Å². The van der Waals surface area contributed by atoms with Crippen LogP contribution in [0.4, 0.5) is 0 Å². The van der Waals surface area contributed by atoms with Gasteiger partial charge in [0.25, 0.3) is 0 Å². The fourth-order valence-electron chi connectivity index (χ4n) is 3.97. The molecule has 2 amide bonds. The molecule has 1 saturated carbocycles. The molecule has 1 aliphatic heterocycles. The van der Waals surface area contributed by atoms with E-state index < -0.39 is 0 Å². The Morgan fingerprint density at radius 3 is 2.23 bits per heavy atom. The van der Waals surface area contributed by atoms with Crippen LogP contribution in [0.1, 0.15) is 42.4 Å². The summed E-state index contributed by atoms with van der Waals surface area (Å²) < 4.78 is 5.81. The van der Waals surface area contributed by atoms with Crippen molar-refractivity contribution in [1.82, 2.24) is 10.2 Å². The van der Waals surface area contributed by atoms with E-state index in [1.54, 1.807) is 0 Å². The average molecular weight is 407 g/mol. The zero-order valence-corrected chi connectivity index (χ0v) is 17.4. The van der Waals surface area contributed by atoms with Crippen LogP contribution < -0.4 is 5.32 Å². The minimum Gasteiger partial charge on any atom is -0.372 e. The monoisotopic (exact) mass is 406 g/mol. The Morgan fingerprint density at radius 2 is 1.50 bits per heavy atom. The molecule has 5 nitrogen and oxygen atoms in total. The number of benzene rings is 2. The summed E-state index contributed by atoms with van der Waals surface area (Å²) in [5.74, 6) is 0.657. The van der Waals surface area contributed by atoms with Gasteiger partial charge in [-0.3, -0.25) is 9.59 Å². The van der Waals surface area contributed by atoms with Crippen LogP contribution in [0.3, 0.4) is 0 Å². The van der Waals surface area contributed by atoms with Crippen molar-refractivity contribution in [3.8, 4) is 0 Å². The maximum absolute atomic E-state index is 12.6. The molecule has 5 heteroatoms. The van der Waals surface area contributed by atoms with Gasteiger partial charge in [0.05, 0.1) is 13.2 Å². The topological polar surface area (TPSA) is 58.6 Å². The molecule has 1 aliphatic carbocycles. The zero-order chi connectivity index (χ0) is 20.8. The van der Waals surface area contributed by atoms with Crippen molar-refractivity contribution in [2.24, 2.45) is 11.8 Å². The fraction of sp³-hybridized carbons (Fsp3) is 0.440. The van der Waals surface area contributed by atoms with Crippen LogP contribution in [0.25, 0.3) is 0 Å². The predicted molar refractivity (Wildman–Crippen MR) is 115 cm³/mol. The number of nitrogens with one attached hydrogen (secondary N) is 1. The van der Waals surface area contributed by atoms with Gasteiger partial charge in [-0.1, -0.05) is 54.6 Å². The van der Waals surface area contributed by atoms with Crippen molar-refractivity contribution in [3.63, 3.8) is 0 Å². The summed E-state index contributed by atoms with van der Waals surface area (Å²) in [6.07, 6.45) is 3.60. The second-order valence-corrected chi connectivity index (χ2v) is 8.39. The third-order valence-electron chi connectivity index (χ3n) is 5.94. The lowest BCUT2D eigenvalue weighted by molar-refractivity contribution is -0.136. The molecule has 0 spiro atoms. The molecule has 2 aliphatic rings. The van der Waals surface area contributed by atoms with Crippen molar-refractivity contribution in [2.75, 3.05) is 13.1 Å². The second kappa shape index (κ2) is 9.90. The van der Waals surface area contributed by atoms with Gasteiger partial charge in [-0.05, 0) is 42.4 Å². The molecule has 0 unspecified atom stereocenters. The van der Waals surface area contributed by atoms with E-state index in [-0.39, 0.29) is 17.7 Å². The van der Waals surface area contributed by atoms with Crippen LogP contribution in [-0.4, -0.2) is 29.8 Å². The number of hydrogen-bond donors (Lipinski definition) is 1. The number of amides is 2. The molecular formula is C25H30N2O3. The molecule has 0 atom stereocenters. The first-order valence-corrected chi connectivity index (χ1v) is 10.9. The Labute approximate surface area is 178 Å².